The SMILES string of the molecule is O=C(/C=C/c1ccc2c(c1)OCO2)NCc1ccccc1-c1ccsc1. The normalized spacial score (nSPS) is 12.5. The zero-order chi connectivity index (χ0) is 17.8. The van der Waals surface area contributed by atoms with Gasteiger partial charge in [-0.15, -0.1) is 0 Å². The van der Waals surface area contributed by atoms with Crippen LogP contribution >= 0.6 is 11.3 Å². The Bertz CT molecular complexity index is 948. The first-order valence-corrected chi connectivity index (χ1v) is 9.20. The third-order valence-corrected chi connectivity index (χ3v) is 4.81. The van der Waals surface area contributed by atoms with E-state index in [1.54, 1.807) is 17.4 Å². The molecule has 5 heteroatoms. The molecule has 130 valence electrons. The lowest BCUT2D eigenvalue weighted by Gasteiger charge is -2.08. The van der Waals surface area contributed by atoms with Gasteiger partial charge in [0.1, 0.15) is 0 Å². The lowest BCUT2D eigenvalue weighted by atomic mass is 10.0. The fraction of sp³-hybridized carbons (Fsp3) is 0.0952. The topological polar surface area (TPSA) is 47.6 Å². The molecule has 26 heavy (non-hydrogen) atoms. The van der Waals surface area contributed by atoms with E-state index in [2.05, 4.69) is 28.2 Å². The first-order valence-electron chi connectivity index (χ1n) is 8.25. The van der Waals surface area contributed by atoms with Crippen LogP contribution in [0.25, 0.3) is 17.2 Å². The Hall–Kier alpha value is -3.05. The number of amides is 1. The molecule has 0 fully saturated rings. The number of carbonyl (C=O) groups excluding carboxylic acids is 1. The van der Waals surface area contributed by atoms with Crippen molar-refractivity contribution in [2.24, 2.45) is 0 Å². The number of thiophene rings is 1. The van der Waals surface area contributed by atoms with Gasteiger partial charge in [0.15, 0.2) is 11.5 Å². The van der Waals surface area contributed by atoms with E-state index in [0.29, 0.717) is 12.3 Å². The molecule has 4 rings (SSSR count). The van der Waals surface area contributed by atoms with Crippen molar-refractivity contribution in [2.75, 3.05) is 6.79 Å². The summed E-state index contributed by atoms with van der Waals surface area (Å²) in [6.45, 7) is 0.725. The van der Waals surface area contributed by atoms with E-state index >= 15 is 0 Å². The van der Waals surface area contributed by atoms with Crippen molar-refractivity contribution in [1.82, 2.24) is 5.32 Å². The maximum absolute atomic E-state index is 12.2. The van der Waals surface area contributed by atoms with E-state index in [0.717, 1.165) is 22.4 Å². The van der Waals surface area contributed by atoms with Crippen LogP contribution in [0.1, 0.15) is 11.1 Å². The van der Waals surface area contributed by atoms with Gasteiger partial charge in [0, 0.05) is 12.6 Å². The van der Waals surface area contributed by atoms with Gasteiger partial charge in [0.2, 0.25) is 12.7 Å². The third kappa shape index (κ3) is 3.63. The van der Waals surface area contributed by atoms with Crippen LogP contribution < -0.4 is 14.8 Å². The first kappa shape index (κ1) is 16.4. The molecule has 0 saturated carbocycles. The van der Waals surface area contributed by atoms with Gasteiger partial charge >= 0.3 is 0 Å². The molecule has 2 aromatic carbocycles. The molecule has 1 aliphatic heterocycles. The highest BCUT2D eigenvalue weighted by Gasteiger charge is 2.12. The summed E-state index contributed by atoms with van der Waals surface area (Å²) in [5, 5.41) is 7.11. The molecule has 3 aromatic rings. The lowest BCUT2D eigenvalue weighted by molar-refractivity contribution is -0.116. The van der Waals surface area contributed by atoms with E-state index in [1.165, 1.54) is 11.6 Å². The number of rotatable bonds is 5. The number of carbonyl (C=O) groups is 1. The maximum atomic E-state index is 12.2. The average Bonchev–Trinajstić information content (AvgIpc) is 3.36. The molecule has 0 radical (unpaired) electrons. The molecule has 1 amide bonds. The predicted octanol–water partition coefficient (Wildman–Crippen LogP) is 4.47. The van der Waals surface area contributed by atoms with Gasteiger partial charge < -0.3 is 14.8 Å². The fourth-order valence-corrected chi connectivity index (χ4v) is 3.46. The smallest absolute Gasteiger partial charge is 0.244 e. The molecule has 1 N–H and O–H groups in total. The molecular weight excluding hydrogens is 346 g/mol. The van der Waals surface area contributed by atoms with Gasteiger partial charge in [-0.05, 0) is 57.3 Å². The zero-order valence-corrected chi connectivity index (χ0v) is 14.8. The Morgan fingerprint density at radius 3 is 2.88 bits per heavy atom. The Morgan fingerprint density at radius 1 is 1.12 bits per heavy atom. The summed E-state index contributed by atoms with van der Waals surface area (Å²) in [6.07, 6.45) is 3.30. The van der Waals surface area contributed by atoms with E-state index in [9.17, 15) is 4.79 Å². The van der Waals surface area contributed by atoms with Gasteiger partial charge in [-0.25, -0.2) is 0 Å². The fourth-order valence-electron chi connectivity index (χ4n) is 2.80. The molecular formula is C21H17NO3S. The molecule has 2 heterocycles. The summed E-state index contributed by atoms with van der Waals surface area (Å²) in [5.74, 6) is 1.30. The van der Waals surface area contributed by atoms with Crippen LogP contribution in [0.2, 0.25) is 0 Å². The minimum atomic E-state index is -0.136. The molecule has 1 aromatic heterocycles. The summed E-state index contributed by atoms with van der Waals surface area (Å²) in [6, 6.07) is 15.8. The molecule has 0 spiro atoms. The van der Waals surface area contributed by atoms with Crippen molar-refractivity contribution in [2.45, 2.75) is 6.54 Å². The number of hydrogen-bond donors (Lipinski definition) is 1. The van der Waals surface area contributed by atoms with Gasteiger partial charge in [-0.3, -0.25) is 4.79 Å². The van der Waals surface area contributed by atoms with E-state index in [1.807, 2.05) is 36.4 Å². The summed E-state index contributed by atoms with van der Waals surface area (Å²) in [4.78, 5) is 12.2. The molecule has 0 saturated heterocycles. The predicted molar refractivity (Wildman–Crippen MR) is 103 cm³/mol. The highest BCUT2D eigenvalue weighted by Crippen LogP contribution is 2.32. The van der Waals surface area contributed by atoms with Crippen LogP contribution in [0.15, 0.2) is 65.4 Å². The van der Waals surface area contributed by atoms with Crippen LogP contribution in [-0.4, -0.2) is 12.7 Å². The quantitative estimate of drug-likeness (QED) is 0.680. The first-order chi connectivity index (χ1) is 12.8. The van der Waals surface area contributed by atoms with Gasteiger partial charge in [0.25, 0.3) is 0 Å². The molecule has 0 bridgehead atoms. The summed E-state index contributed by atoms with van der Waals surface area (Å²) >= 11 is 1.66. The molecule has 1 aliphatic rings. The van der Waals surface area contributed by atoms with Crippen molar-refractivity contribution in [3.05, 3.63) is 76.5 Å². The van der Waals surface area contributed by atoms with Crippen LogP contribution in [0, 0.1) is 0 Å². The highest BCUT2D eigenvalue weighted by molar-refractivity contribution is 7.08. The number of nitrogens with one attached hydrogen (secondary N) is 1. The van der Waals surface area contributed by atoms with Gasteiger partial charge in [-0.2, -0.15) is 11.3 Å². The standard InChI is InChI=1S/C21H17NO3S/c23-21(8-6-15-5-7-19-20(11-15)25-14-24-19)22-12-16-3-1-2-4-18(16)17-9-10-26-13-17/h1-11,13H,12,14H2,(H,22,23)/b8-6+. The molecule has 0 unspecified atom stereocenters. The monoisotopic (exact) mass is 363 g/mol. The van der Waals surface area contributed by atoms with Crippen molar-refractivity contribution in [1.29, 1.82) is 0 Å². The number of ether oxygens (including phenoxy) is 2. The Kier molecular flexibility index (Phi) is 4.71. The van der Waals surface area contributed by atoms with Crippen molar-refractivity contribution >= 4 is 23.3 Å². The Balaban J connectivity index is 1.40. The van der Waals surface area contributed by atoms with Gasteiger partial charge in [-0.1, -0.05) is 30.3 Å². The van der Waals surface area contributed by atoms with Gasteiger partial charge in [0.05, 0.1) is 0 Å². The Morgan fingerprint density at radius 2 is 2.00 bits per heavy atom. The second kappa shape index (κ2) is 7.45. The van der Waals surface area contributed by atoms with E-state index in [-0.39, 0.29) is 12.7 Å². The van der Waals surface area contributed by atoms with Crippen LogP contribution in [-0.2, 0) is 11.3 Å². The minimum absolute atomic E-state index is 0.136. The molecule has 0 aliphatic carbocycles. The Labute approximate surface area is 155 Å². The minimum Gasteiger partial charge on any atom is -0.454 e. The summed E-state index contributed by atoms with van der Waals surface area (Å²) in [7, 11) is 0. The third-order valence-electron chi connectivity index (χ3n) is 4.13. The van der Waals surface area contributed by atoms with Crippen LogP contribution in [0.4, 0.5) is 0 Å². The number of hydrogen-bond acceptors (Lipinski definition) is 4. The van der Waals surface area contributed by atoms with E-state index < -0.39 is 0 Å². The van der Waals surface area contributed by atoms with Crippen LogP contribution in [0.5, 0.6) is 11.5 Å². The van der Waals surface area contributed by atoms with Crippen molar-refractivity contribution < 1.29 is 14.3 Å². The highest BCUT2D eigenvalue weighted by atomic mass is 32.1. The van der Waals surface area contributed by atoms with Crippen molar-refractivity contribution in [3.63, 3.8) is 0 Å². The molecule has 4 nitrogen and oxygen atoms in total. The lowest BCUT2D eigenvalue weighted by Crippen LogP contribution is -2.20. The maximum Gasteiger partial charge on any atom is 0.244 e. The average molecular weight is 363 g/mol. The van der Waals surface area contributed by atoms with Crippen LogP contribution in [0.3, 0.4) is 0 Å². The summed E-state index contributed by atoms with van der Waals surface area (Å²) in [5.41, 5.74) is 4.31. The summed E-state index contributed by atoms with van der Waals surface area (Å²) < 4.78 is 10.6. The second-order valence-corrected chi connectivity index (χ2v) is 6.61. The van der Waals surface area contributed by atoms with Crippen molar-refractivity contribution in [3.8, 4) is 22.6 Å². The number of fused-ring (bicyclic) bond motifs is 1. The molecule has 0 atom stereocenters. The zero-order valence-electron chi connectivity index (χ0n) is 14.0. The number of benzene rings is 2. The largest absolute Gasteiger partial charge is 0.454 e. The second-order valence-electron chi connectivity index (χ2n) is 5.83. The van der Waals surface area contributed by atoms with E-state index in [4.69, 9.17) is 9.47 Å².